The van der Waals surface area contributed by atoms with Gasteiger partial charge in [-0.3, -0.25) is 4.79 Å². The van der Waals surface area contributed by atoms with Crippen molar-refractivity contribution in [3.8, 4) is 11.2 Å². The average Bonchev–Trinajstić information content (AvgIpc) is 2.79. The first-order valence-corrected chi connectivity index (χ1v) is 14.0. The van der Waals surface area contributed by atoms with Crippen LogP contribution < -0.4 is 10.9 Å². The van der Waals surface area contributed by atoms with Crippen molar-refractivity contribution in [3.05, 3.63) is 93.2 Å². The Morgan fingerprint density at radius 2 is 1.97 bits per heavy atom. The lowest BCUT2D eigenvalue weighted by molar-refractivity contribution is 0.741. The summed E-state index contributed by atoms with van der Waals surface area (Å²) < 4.78 is 1.71. The molecule has 2 rings (SSSR count). The molecule has 4 nitrogen and oxygen atoms in total. The summed E-state index contributed by atoms with van der Waals surface area (Å²) in [6.45, 7) is 12.5. The molecule has 1 N–H and O–H groups in total. The minimum absolute atomic E-state index is 0.149. The number of allylic oxidation sites excluding steroid dienone is 5. The molecule has 0 saturated carbocycles. The van der Waals surface area contributed by atoms with Crippen molar-refractivity contribution >= 4 is 36.0 Å². The molecule has 168 valence electrons. The minimum atomic E-state index is -0.149. The molecule has 0 amide bonds. The van der Waals surface area contributed by atoms with Crippen molar-refractivity contribution < 1.29 is 0 Å². The smallest absolute Gasteiger partial charge is 0.293 e. The normalized spacial score (nSPS) is 12.0. The maximum absolute atomic E-state index is 13.2. The van der Waals surface area contributed by atoms with E-state index in [1.54, 1.807) is 16.8 Å². The molecule has 0 aliphatic rings. The summed E-state index contributed by atoms with van der Waals surface area (Å²) >= 11 is 2.15. The van der Waals surface area contributed by atoms with Crippen LogP contribution in [0, 0.1) is 18.1 Å². The van der Waals surface area contributed by atoms with Crippen molar-refractivity contribution in [3.63, 3.8) is 0 Å². The molecule has 2 aromatic rings. The van der Waals surface area contributed by atoms with Crippen LogP contribution in [0.4, 0.5) is 5.82 Å². The number of benzene rings is 1. The van der Waals surface area contributed by atoms with Crippen LogP contribution in [-0.4, -0.2) is 9.55 Å². The van der Waals surface area contributed by atoms with Crippen LogP contribution in [0.1, 0.15) is 50.4 Å². The number of anilines is 1. The van der Waals surface area contributed by atoms with Crippen LogP contribution in [0.3, 0.4) is 0 Å². The van der Waals surface area contributed by atoms with Crippen LogP contribution >= 0.6 is 30.1 Å². The molecule has 0 aliphatic heterocycles. The number of nitrogens with one attached hydrogen (secondary N) is 1. The lowest BCUT2D eigenvalue weighted by atomic mass is 10.1. The van der Waals surface area contributed by atoms with E-state index in [1.807, 2.05) is 19.9 Å². The molecule has 0 aliphatic carbocycles. The standard InChI is InChI=1S/C26H30IN3OS/c1-6-9-24(23(14-15-32-27)16-19(4)7-2)29-25-26(31)30(17-20(5)28-25)18-22-12-10-21(8-3)11-13-22/h7,10-13,16-17H,2,6,8-9,18H2,1,3-5H3,(H,28,29)/b19-16-,24-23+. The fourth-order valence-corrected chi connectivity index (χ4v) is 3.64. The zero-order chi connectivity index (χ0) is 23.5. The molecule has 0 bridgehead atoms. The minimum Gasteiger partial charge on any atom is -0.338 e. The van der Waals surface area contributed by atoms with Gasteiger partial charge in [0, 0.05) is 38.7 Å². The Kier molecular flexibility index (Phi) is 10.8. The van der Waals surface area contributed by atoms with E-state index in [0.717, 1.165) is 47.4 Å². The maximum Gasteiger partial charge on any atom is 0.293 e. The Labute approximate surface area is 207 Å². The topological polar surface area (TPSA) is 46.9 Å². The van der Waals surface area contributed by atoms with Gasteiger partial charge in [-0.15, -0.1) is 0 Å². The number of hydrogen-bond acceptors (Lipinski definition) is 4. The van der Waals surface area contributed by atoms with E-state index in [-0.39, 0.29) is 5.56 Å². The number of aryl methyl sites for hydroxylation is 2. The highest BCUT2D eigenvalue weighted by Crippen LogP contribution is 2.18. The third kappa shape index (κ3) is 7.72. The van der Waals surface area contributed by atoms with Gasteiger partial charge in [-0.1, -0.05) is 68.7 Å². The van der Waals surface area contributed by atoms with Gasteiger partial charge >= 0.3 is 0 Å². The first kappa shape index (κ1) is 26.0. The molecule has 0 atom stereocenters. The Morgan fingerprint density at radius 3 is 2.56 bits per heavy atom. The SMILES string of the molecule is C=C/C(C)=C\C(C#CSI)=C(/CCC)Nc1nc(C)cn(Cc2ccc(CC)cc2)c1=O. The predicted molar refractivity (Wildman–Crippen MR) is 147 cm³/mol. The van der Waals surface area contributed by atoms with Gasteiger partial charge in [0.05, 0.1) is 12.2 Å². The zero-order valence-corrected chi connectivity index (χ0v) is 22.1. The van der Waals surface area contributed by atoms with Gasteiger partial charge in [0.25, 0.3) is 5.56 Å². The van der Waals surface area contributed by atoms with Crippen LogP contribution in [-0.2, 0) is 13.0 Å². The van der Waals surface area contributed by atoms with Gasteiger partial charge < -0.3 is 9.88 Å². The number of rotatable bonds is 9. The van der Waals surface area contributed by atoms with Gasteiger partial charge in [0.1, 0.15) is 0 Å². The van der Waals surface area contributed by atoms with Crippen molar-refractivity contribution in [1.82, 2.24) is 9.55 Å². The number of aromatic nitrogens is 2. The summed E-state index contributed by atoms with van der Waals surface area (Å²) in [6.07, 6.45) is 8.26. The Balaban J connectivity index is 2.49. The van der Waals surface area contributed by atoms with Gasteiger partial charge in [-0.2, -0.15) is 0 Å². The molecule has 6 heteroatoms. The van der Waals surface area contributed by atoms with Gasteiger partial charge in [-0.05, 0) is 58.1 Å². The largest absolute Gasteiger partial charge is 0.338 e. The number of hydrogen-bond donors (Lipinski definition) is 1. The van der Waals surface area contributed by atoms with Crippen LogP contribution in [0.2, 0.25) is 0 Å². The second-order valence-corrected chi connectivity index (χ2v) is 9.18. The molecular formula is C26H30IN3OS. The van der Waals surface area contributed by atoms with E-state index in [4.69, 9.17) is 0 Å². The van der Waals surface area contributed by atoms with E-state index in [1.165, 1.54) is 14.5 Å². The van der Waals surface area contributed by atoms with Crippen LogP contribution in [0.25, 0.3) is 0 Å². The van der Waals surface area contributed by atoms with Crippen molar-refractivity contribution in [2.24, 2.45) is 0 Å². The molecule has 0 saturated heterocycles. The second kappa shape index (κ2) is 13.3. The Morgan fingerprint density at radius 1 is 1.28 bits per heavy atom. The molecular weight excluding hydrogens is 529 g/mol. The Bertz CT molecular complexity index is 1120. The summed E-state index contributed by atoms with van der Waals surface area (Å²) in [7, 11) is 1.43. The van der Waals surface area contributed by atoms with Crippen LogP contribution in [0.5, 0.6) is 0 Å². The van der Waals surface area contributed by atoms with E-state index in [9.17, 15) is 4.79 Å². The van der Waals surface area contributed by atoms with E-state index in [0.29, 0.717) is 12.4 Å². The van der Waals surface area contributed by atoms with Crippen molar-refractivity contribution in [2.75, 3.05) is 5.32 Å². The molecule has 1 heterocycles. The van der Waals surface area contributed by atoms with Gasteiger partial charge in [0.15, 0.2) is 5.82 Å². The fourth-order valence-electron chi connectivity index (χ4n) is 3.17. The van der Waals surface area contributed by atoms with E-state index >= 15 is 0 Å². The highest BCUT2D eigenvalue weighted by molar-refractivity contribution is 14.2. The summed E-state index contributed by atoms with van der Waals surface area (Å²) in [5.74, 6) is 3.52. The maximum atomic E-state index is 13.2. The molecule has 0 unspecified atom stereocenters. The second-order valence-electron chi connectivity index (χ2n) is 7.50. The quantitative estimate of drug-likeness (QED) is 0.209. The van der Waals surface area contributed by atoms with Crippen molar-refractivity contribution in [2.45, 2.75) is 53.5 Å². The molecule has 0 spiro atoms. The third-order valence-electron chi connectivity index (χ3n) is 4.89. The Hall–Kier alpha value is -2.24. The highest BCUT2D eigenvalue weighted by Gasteiger charge is 2.12. The van der Waals surface area contributed by atoms with Crippen molar-refractivity contribution in [1.29, 1.82) is 0 Å². The lowest BCUT2D eigenvalue weighted by Gasteiger charge is -2.14. The first-order chi connectivity index (χ1) is 15.4. The molecule has 1 aromatic carbocycles. The molecule has 1 aromatic heterocycles. The third-order valence-corrected chi connectivity index (χ3v) is 5.73. The first-order valence-electron chi connectivity index (χ1n) is 10.7. The monoisotopic (exact) mass is 559 g/mol. The predicted octanol–water partition coefficient (Wildman–Crippen LogP) is 6.80. The zero-order valence-electron chi connectivity index (χ0n) is 19.2. The summed E-state index contributed by atoms with van der Waals surface area (Å²) in [6, 6.07) is 8.38. The summed E-state index contributed by atoms with van der Waals surface area (Å²) in [5, 5.41) is 6.37. The van der Waals surface area contributed by atoms with E-state index in [2.05, 4.69) is 87.4 Å². The van der Waals surface area contributed by atoms with Gasteiger partial charge in [-0.25, -0.2) is 4.98 Å². The van der Waals surface area contributed by atoms with Gasteiger partial charge in [0.2, 0.25) is 0 Å². The van der Waals surface area contributed by atoms with Crippen LogP contribution in [0.15, 0.2) is 70.8 Å². The molecule has 0 radical (unpaired) electrons. The highest BCUT2D eigenvalue weighted by atomic mass is 127. The number of nitrogens with zero attached hydrogens (tertiary/aromatic N) is 2. The average molecular weight is 560 g/mol. The summed E-state index contributed by atoms with van der Waals surface area (Å²) in [4.78, 5) is 17.8. The molecule has 32 heavy (non-hydrogen) atoms. The van der Waals surface area contributed by atoms with E-state index < -0.39 is 0 Å². The number of halogens is 1. The lowest BCUT2D eigenvalue weighted by Crippen LogP contribution is -2.26. The summed E-state index contributed by atoms with van der Waals surface area (Å²) in [5.41, 5.74) is 5.74. The fraction of sp³-hybridized carbons (Fsp3) is 0.308. The molecule has 0 fully saturated rings.